The van der Waals surface area contributed by atoms with E-state index in [2.05, 4.69) is 17.6 Å². The summed E-state index contributed by atoms with van der Waals surface area (Å²) < 4.78 is 0. The Morgan fingerprint density at radius 2 is 2.08 bits per heavy atom. The van der Waals surface area contributed by atoms with Crippen molar-refractivity contribution in [1.82, 2.24) is 10.6 Å². The summed E-state index contributed by atoms with van der Waals surface area (Å²) in [5.41, 5.74) is 0. The minimum Gasteiger partial charge on any atom is -0.358 e. The number of amides is 1. The summed E-state index contributed by atoms with van der Waals surface area (Å²) >= 11 is 0. The van der Waals surface area contributed by atoms with Gasteiger partial charge in [-0.3, -0.25) is 4.79 Å². The topological polar surface area (TPSA) is 41.1 Å². The largest absolute Gasteiger partial charge is 0.358 e. The third kappa shape index (κ3) is 2.21. The predicted octanol–water partition coefficient (Wildman–Crippen LogP) is 0.509. The fraction of sp³-hybridized carbons (Fsp3) is 0.889. The van der Waals surface area contributed by atoms with Gasteiger partial charge in [0.05, 0.1) is 6.04 Å². The highest BCUT2D eigenvalue weighted by atomic mass is 16.2. The van der Waals surface area contributed by atoms with Gasteiger partial charge in [-0.15, -0.1) is 0 Å². The van der Waals surface area contributed by atoms with Gasteiger partial charge >= 0.3 is 0 Å². The molecule has 2 N–H and O–H groups in total. The zero-order valence-corrected chi connectivity index (χ0v) is 8.05. The Labute approximate surface area is 73.9 Å². The molecule has 12 heavy (non-hydrogen) atoms. The molecule has 0 aliphatic heterocycles. The van der Waals surface area contributed by atoms with Gasteiger partial charge in [0.25, 0.3) is 0 Å². The van der Waals surface area contributed by atoms with E-state index in [1.807, 2.05) is 6.92 Å². The Hall–Kier alpha value is -0.570. The predicted molar refractivity (Wildman–Crippen MR) is 48.9 cm³/mol. The van der Waals surface area contributed by atoms with Gasteiger partial charge in [-0.1, -0.05) is 6.92 Å². The Bertz CT molecular complexity index is 164. The van der Waals surface area contributed by atoms with Gasteiger partial charge in [-0.2, -0.15) is 0 Å². The summed E-state index contributed by atoms with van der Waals surface area (Å²) in [6, 6.07) is 0.514. The lowest BCUT2D eigenvalue weighted by molar-refractivity contribution is -0.122. The quantitative estimate of drug-likeness (QED) is 0.648. The second-order valence-corrected chi connectivity index (χ2v) is 3.78. The first-order chi connectivity index (χ1) is 5.63. The van der Waals surface area contributed by atoms with Crippen molar-refractivity contribution in [1.29, 1.82) is 0 Å². The van der Waals surface area contributed by atoms with Crippen LogP contribution in [0, 0.1) is 5.92 Å². The van der Waals surface area contributed by atoms with Crippen LogP contribution in [0.4, 0.5) is 0 Å². The van der Waals surface area contributed by atoms with Crippen molar-refractivity contribution in [2.45, 2.75) is 38.8 Å². The molecule has 3 heteroatoms. The highest BCUT2D eigenvalue weighted by Crippen LogP contribution is 2.26. The normalized spacial score (nSPS) is 30.6. The molecular formula is C9H18N2O. The van der Waals surface area contributed by atoms with E-state index >= 15 is 0 Å². The Balaban J connectivity index is 2.18. The van der Waals surface area contributed by atoms with E-state index in [4.69, 9.17) is 0 Å². The monoisotopic (exact) mass is 170 g/mol. The van der Waals surface area contributed by atoms with Gasteiger partial charge in [0, 0.05) is 13.1 Å². The zero-order valence-electron chi connectivity index (χ0n) is 8.05. The maximum Gasteiger partial charge on any atom is 0.236 e. The fourth-order valence-electron chi connectivity index (χ4n) is 1.68. The molecule has 0 heterocycles. The number of carbonyl (C=O) groups is 1. The van der Waals surface area contributed by atoms with Crippen molar-refractivity contribution in [3.05, 3.63) is 0 Å². The third-order valence-electron chi connectivity index (χ3n) is 2.50. The maximum atomic E-state index is 11.1. The molecule has 0 aromatic heterocycles. The number of rotatable bonds is 3. The SMILES string of the molecule is CNC(=O)[C@H](C)NC1CC(C)C1. The van der Waals surface area contributed by atoms with Crippen LogP contribution in [-0.4, -0.2) is 25.0 Å². The number of nitrogens with one attached hydrogen (secondary N) is 2. The molecule has 0 saturated heterocycles. The smallest absolute Gasteiger partial charge is 0.236 e. The summed E-state index contributed by atoms with van der Waals surface area (Å²) in [5, 5.41) is 5.91. The van der Waals surface area contributed by atoms with Gasteiger partial charge in [0.15, 0.2) is 0 Å². The van der Waals surface area contributed by atoms with Crippen LogP contribution < -0.4 is 10.6 Å². The van der Waals surface area contributed by atoms with E-state index in [0.717, 1.165) is 5.92 Å². The zero-order chi connectivity index (χ0) is 9.14. The van der Waals surface area contributed by atoms with Crippen molar-refractivity contribution in [2.24, 2.45) is 5.92 Å². The second kappa shape index (κ2) is 3.90. The van der Waals surface area contributed by atoms with Crippen molar-refractivity contribution < 1.29 is 4.79 Å². The molecule has 1 atom stereocenters. The van der Waals surface area contributed by atoms with Crippen LogP contribution >= 0.6 is 0 Å². The summed E-state index contributed by atoms with van der Waals surface area (Å²) in [6.45, 7) is 4.14. The van der Waals surface area contributed by atoms with Gasteiger partial charge in [-0.25, -0.2) is 0 Å². The average Bonchev–Trinajstić information content (AvgIpc) is 2.00. The van der Waals surface area contributed by atoms with E-state index in [9.17, 15) is 4.79 Å². The first-order valence-electron chi connectivity index (χ1n) is 4.61. The maximum absolute atomic E-state index is 11.1. The molecule has 1 rings (SSSR count). The molecule has 0 spiro atoms. The van der Waals surface area contributed by atoms with Crippen molar-refractivity contribution in [3.63, 3.8) is 0 Å². The fourth-order valence-corrected chi connectivity index (χ4v) is 1.68. The molecule has 0 aromatic rings. The molecule has 1 amide bonds. The van der Waals surface area contributed by atoms with Gasteiger partial charge < -0.3 is 10.6 Å². The highest BCUT2D eigenvalue weighted by molar-refractivity contribution is 5.80. The van der Waals surface area contributed by atoms with Crippen LogP contribution in [0.15, 0.2) is 0 Å². The molecule has 1 aliphatic rings. The summed E-state index contributed by atoms with van der Waals surface area (Å²) in [4.78, 5) is 11.1. The lowest BCUT2D eigenvalue weighted by atomic mass is 9.81. The number of likely N-dealkylation sites (N-methyl/N-ethyl adjacent to an activating group) is 1. The Kier molecular flexibility index (Phi) is 3.09. The average molecular weight is 170 g/mol. The molecule has 70 valence electrons. The van der Waals surface area contributed by atoms with E-state index < -0.39 is 0 Å². The number of hydrogen-bond acceptors (Lipinski definition) is 2. The first-order valence-corrected chi connectivity index (χ1v) is 4.61. The van der Waals surface area contributed by atoms with Crippen molar-refractivity contribution in [2.75, 3.05) is 7.05 Å². The highest BCUT2D eigenvalue weighted by Gasteiger charge is 2.27. The van der Waals surface area contributed by atoms with Crippen LogP contribution in [0.1, 0.15) is 26.7 Å². The molecule has 1 aliphatic carbocycles. The standard InChI is InChI=1S/C9H18N2O/c1-6-4-8(5-6)11-7(2)9(12)10-3/h6-8,11H,4-5H2,1-3H3,(H,10,12)/t6?,7-,8?/m0/s1. The van der Waals surface area contributed by atoms with Crippen LogP contribution in [0.3, 0.4) is 0 Å². The number of hydrogen-bond donors (Lipinski definition) is 2. The Morgan fingerprint density at radius 1 is 1.50 bits per heavy atom. The lowest BCUT2D eigenvalue weighted by Gasteiger charge is -2.35. The molecule has 1 saturated carbocycles. The minimum absolute atomic E-state index is 0.0486. The molecule has 0 radical (unpaired) electrons. The van der Waals surface area contributed by atoms with Gasteiger partial charge in [0.1, 0.15) is 0 Å². The van der Waals surface area contributed by atoms with Crippen LogP contribution in [-0.2, 0) is 4.79 Å². The van der Waals surface area contributed by atoms with Crippen LogP contribution in [0.25, 0.3) is 0 Å². The van der Waals surface area contributed by atoms with E-state index in [-0.39, 0.29) is 11.9 Å². The molecule has 0 bridgehead atoms. The van der Waals surface area contributed by atoms with E-state index in [1.165, 1.54) is 12.8 Å². The molecule has 0 aromatic carbocycles. The summed E-state index contributed by atoms with van der Waals surface area (Å²) in [6.07, 6.45) is 2.42. The minimum atomic E-state index is -0.0486. The van der Waals surface area contributed by atoms with Crippen molar-refractivity contribution in [3.8, 4) is 0 Å². The van der Waals surface area contributed by atoms with E-state index in [1.54, 1.807) is 7.05 Å². The molecule has 3 nitrogen and oxygen atoms in total. The number of carbonyl (C=O) groups excluding carboxylic acids is 1. The van der Waals surface area contributed by atoms with Crippen LogP contribution in [0.5, 0.6) is 0 Å². The van der Waals surface area contributed by atoms with Crippen LogP contribution in [0.2, 0.25) is 0 Å². The Morgan fingerprint density at radius 3 is 2.50 bits per heavy atom. The molecule has 0 unspecified atom stereocenters. The summed E-state index contributed by atoms with van der Waals surface area (Å²) in [7, 11) is 1.67. The lowest BCUT2D eigenvalue weighted by Crippen LogP contribution is -2.50. The summed E-state index contributed by atoms with van der Waals surface area (Å²) in [5.74, 6) is 0.911. The van der Waals surface area contributed by atoms with Gasteiger partial charge in [-0.05, 0) is 25.7 Å². The van der Waals surface area contributed by atoms with Crippen molar-refractivity contribution >= 4 is 5.91 Å². The van der Waals surface area contributed by atoms with Gasteiger partial charge in [0.2, 0.25) is 5.91 Å². The first kappa shape index (κ1) is 9.52. The molecule has 1 fully saturated rings. The van der Waals surface area contributed by atoms with E-state index in [0.29, 0.717) is 6.04 Å². The second-order valence-electron chi connectivity index (χ2n) is 3.78. The molecular weight excluding hydrogens is 152 g/mol. The third-order valence-corrected chi connectivity index (χ3v) is 2.50.